The van der Waals surface area contributed by atoms with Crippen LogP contribution in [0, 0.1) is 0 Å². The Hall–Kier alpha value is -0.820. The monoisotopic (exact) mass is 361 g/mol. The van der Waals surface area contributed by atoms with Crippen LogP contribution in [0.1, 0.15) is 18.1 Å². The average molecular weight is 361 g/mol. The van der Waals surface area contributed by atoms with Gasteiger partial charge in [0.1, 0.15) is 0 Å². The molecule has 2 rings (SSSR count). The number of hydrogen-bond acceptors (Lipinski definition) is 4. The third kappa shape index (κ3) is 4.45. The maximum atomic E-state index is 5.48. The van der Waals surface area contributed by atoms with Crippen molar-refractivity contribution >= 4 is 29.9 Å². The van der Waals surface area contributed by atoms with Crippen molar-refractivity contribution in [2.24, 2.45) is 4.99 Å². The number of aliphatic imine (C=N–C) groups is 1. The van der Waals surface area contributed by atoms with Crippen LogP contribution >= 0.6 is 24.0 Å². The van der Waals surface area contributed by atoms with E-state index in [1.807, 2.05) is 18.2 Å². The van der Waals surface area contributed by atoms with E-state index in [-0.39, 0.29) is 30.1 Å². The Labute approximate surface area is 125 Å². The van der Waals surface area contributed by atoms with E-state index in [2.05, 4.69) is 27.8 Å². The number of rotatable bonds is 4. The minimum absolute atomic E-state index is 0. The van der Waals surface area contributed by atoms with Crippen LogP contribution in [-0.4, -0.2) is 32.7 Å². The van der Waals surface area contributed by atoms with E-state index in [1.54, 1.807) is 7.11 Å². The van der Waals surface area contributed by atoms with Crippen LogP contribution in [-0.2, 0) is 4.74 Å². The van der Waals surface area contributed by atoms with Crippen molar-refractivity contribution in [1.29, 1.82) is 0 Å². The summed E-state index contributed by atoms with van der Waals surface area (Å²) in [4.78, 5) is 4.37. The van der Waals surface area contributed by atoms with Crippen LogP contribution in [0.25, 0.3) is 0 Å². The highest BCUT2D eigenvalue weighted by Gasteiger charge is 2.11. The molecular formula is C13H20IN3O. The lowest BCUT2D eigenvalue weighted by Gasteiger charge is -2.20. The summed E-state index contributed by atoms with van der Waals surface area (Å²) in [6, 6.07) is 10.2. The lowest BCUT2D eigenvalue weighted by atomic mass is 10.1. The van der Waals surface area contributed by atoms with Gasteiger partial charge in [-0.2, -0.15) is 0 Å². The minimum atomic E-state index is 0. The number of hydrogen-bond donors (Lipinski definition) is 2. The first-order valence-electron chi connectivity index (χ1n) is 6.00. The van der Waals surface area contributed by atoms with Crippen LogP contribution in [0.5, 0.6) is 0 Å². The Morgan fingerprint density at radius 1 is 1.39 bits per heavy atom. The molecule has 1 aromatic rings. The topological polar surface area (TPSA) is 45.6 Å². The fourth-order valence-electron chi connectivity index (χ4n) is 1.85. The molecule has 1 aliphatic rings. The van der Waals surface area contributed by atoms with Crippen molar-refractivity contribution in [1.82, 2.24) is 10.6 Å². The fraction of sp³-hybridized carbons (Fsp3) is 0.462. The smallest absolute Gasteiger partial charge is 0.191 e. The van der Waals surface area contributed by atoms with Gasteiger partial charge in [0.2, 0.25) is 0 Å². The Morgan fingerprint density at radius 2 is 2.17 bits per heavy atom. The maximum absolute atomic E-state index is 5.48. The summed E-state index contributed by atoms with van der Waals surface area (Å²) in [5, 5.41) is 6.52. The van der Waals surface area contributed by atoms with E-state index in [4.69, 9.17) is 4.74 Å². The van der Waals surface area contributed by atoms with E-state index >= 15 is 0 Å². The summed E-state index contributed by atoms with van der Waals surface area (Å²) in [5.74, 6) is 0.884. The molecule has 18 heavy (non-hydrogen) atoms. The van der Waals surface area contributed by atoms with Crippen LogP contribution in [0.15, 0.2) is 35.3 Å². The van der Waals surface area contributed by atoms with Gasteiger partial charge >= 0.3 is 0 Å². The van der Waals surface area contributed by atoms with E-state index < -0.39 is 0 Å². The predicted octanol–water partition coefficient (Wildman–Crippen LogP) is 1.93. The molecule has 0 spiro atoms. The van der Waals surface area contributed by atoms with Gasteiger partial charge in [0.25, 0.3) is 0 Å². The van der Waals surface area contributed by atoms with Crippen molar-refractivity contribution in [2.45, 2.75) is 12.5 Å². The Morgan fingerprint density at radius 3 is 2.78 bits per heavy atom. The average Bonchev–Trinajstić information content (AvgIpc) is 2.42. The number of methoxy groups -OCH3 is 1. The molecule has 0 aromatic heterocycles. The summed E-state index contributed by atoms with van der Waals surface area (Å²) < 4.78 is 5.48. The van der Waals surface area contributed by atoms with Crippen molar-refractivity contribution in [3.8, 4) is 0 Å². The van der Waals surface area contributed by atoms with E-state index in [0.717, 1.165) is 32.0 Å². The minimum Gasteiger partial charge on any atom is -0.375 e. The number of guanidine groups is 1. The van der Waals surface area contributed by atoms with Crippen LogP contribution in [0.2, 0.25) is 0 Å². The van der Waals surface area contributed by atoms with Gasteiger partial charge in [0, 0.05) is 26.7 Å². The second-order valence-electron chi connectivity index (χ2n) is 4.03. The van der Waals surface area contributed by atoms with E-state index in [1.165, 1.54) is 5.56 Å². The summed E-state index contributed by atoms with van der Waals surface area (Å²) in [6.07, 6.45) is 1.17. The molecule has 0 saturated carbocycles. The molecule has 0 fully saturated rings. The molecular weight excluding hydrogens is 341 g/mol. The van der Waals surface area contributed by atoms with Gasteiger partial charge in [-0.3, -0.25) is 4.99 Å². The third-order valence-electron chi connectivity index (χ3n) is 2.81. The van der Waals surface area contributed by atoms with Gasteiger partial charge in [-0.1, -0.05) is 30.3 Å². The zero-order chi connectivity index (χ0) is 11.9. The highest BCUT2D eigenvalue weighted by atomic mass is 127. The van der Waals surface area contributed by atoms with Crippen LogP contribution in [0.4, 0.5) is 0 Å². The van der Waals surface area contributed by atoms with Crippen LogP contribution in [0.3, 0.4) is 0 Å². The first kappa shape index (κ1) is 15.2. The van der Waals surface area contributed by atoms with Crippen molar-refractivity contribution in [2.75, 3.05) is 26.7 Å². The first-order chi connectivity index (χ1) is 8.40. The Balaban J connectivity index is 0.00000162. The third-order valence-corrected chi connectivity index (χ3v) is 2.81. The highest BCUT2D eigenvalue weighted by Crippen LogP contribution is 2.14. The van der Waals surface area contributed by atoms with Gasteiger partial charge in [0.05, 0.1) is 6.10 Å². The molecule has 0 amide bonds. The molecule has 100 valence electrons. The van der Waals surface area contributed by atoms with Gasteiger partial charge in [-0.15, -0.1) is 24.0 Å². The molecule has 2 N–H and O–H groups in total. The predicted molar refractivity (Wildman–Crippen MR) is 84.5 cm³/mol. The molecule has 1 heterocycles. The fourth-order valence-corrected chi connectivity index (χ4v) is 1.85. The van der Waals surface area contributed by atoms with Crippen molar-refractivity contribution < 1.29 is 4.74 Å². The zero-order valence-electron chi connectivity index (χ0n) is 10.6. The summed E-state index contributed by atoms with van der Waals surface area (Å²) in [6.45, 7) is 2.62. The lowest BCUT2D eigenvalue weighted by molar-refractivity contribution is 0.106. The molecule has 4 nitrogen and oxygen atoms in total. The van der Waals surface area contributed by atoms with Gasteiger partial charge in [0.15, 0.2) is 5.96 Å². The maximum Gasteiger partial charge on any atom is 0.191 e. The van der Waals surface area contributed by atoms with E-state index in [9.17, 15) is 0 Å². The SMILES string of the molecule is COC(CNC1=NCCCN1)c1ccccc1.I. The summed E-state index contributed by atoms with van der Waals surface area (Å²) in [7, 11) is 1.73. The molecule has 5 heteroatoms. The molecule has 1 aliphatic heterocycles. The number of halogens is 1. The number of ether oxygens (including phenoxy) is 1. The molecule has 0 bridgehead atoms. The van der Waals surface area contributed by atoms with Crippen LogP contribution < -0.4 is 10.6 Å². The van der Waals surface area contributed by atoms with Crippen molar-refractivity contribution in [3.05, 3.63) is 35.9 Å². The zero-order valence-corrected chi connectivity index (χ0v) is 12.9. The number of benzene rings is 1. The molecule has 1 aromatic carbocycles. The second kappa shape index (κ2) is 8.31. The lowest BCUT2D eigenvalue weighted by Crippen LogP contribution is -2.42. The Kier molecular flexibility index (Phi) is 7.04. The quantitative estimate of drug-likeness (QED) is 0.806. The van der Waals surface area contributed by atoms with Gasteiger partial charge < -0.3 is 15.4 Å². The molecule has 0 saturated heterocycles. The normalized spacial score (nSPS) is 15.9. The molecule has 0 aliphatic carbocycles. The van der Waals surface area contributed by atoms with Gasteiger partial charge in [-0.05, 0) is 12.0 Å². The van der Waals surface area contributed by atoms with Gasteiger partial charge in [-0.25, -0.2) is 0 Å². The number of nitrogens with one attached hydrogen (secondary N) is 2. The Bertz CT molecular complexity index is 370. The molecule has 1 atom stereocenters. The first-order valence-corrected chi connectivity index (χ1v) is 6.00. The standard InChI is InChI=1S/C13H19N3O.HI/c1-17-12(11-6-3-2-4-7-11)10-16-13-14-8-5-9-15-13;/h2-4,6-7,12H,5,8-10H2,1H3,(H2,14,15,16);1H. The van der Waals surface area contributed by atoms with E-state index in [0.29, 0.717) is 0 Å². The summed E-state index contributed by atoms with van der Waals surface area (Å²) >= 11 is 0. The highest BCUT2D eigenvalue weighted by molar-refractivity contribution is 14.0. The summed E-state index contributed by atoms with van der Waals surface area (Å²) in [5.41, 5.74) is 1.18. The largest absolute Gasteiger partial charge is 0.375 e. The van der Waals surface area contributed by atoms with Crippen molar-refractivity contribution in [3.63, 3.8) is 0 Å². The molecule has 1 unspecified atom stereocenters. The number of nitrogens with zero attached hydrogens (tertiary/aromatic N) is 1. The molecule has 0 radical (unpaired) electrons. The second-order valence-corrected chi connectivity index (χ2v) is 4.03.